The van der Waals surface area contributed by atoms with Crippen LogP contribution in [0.5, 0.6) is 5.75 Å². The second kappa shape index (κ2) is 8.20. The molecule has 0 aromatic carbocycles. The maximum atomic E-state index is 12.8. The Labute approximate surface area is 174 Å². The third-order valence-electron chi connectivity index (χ3n) is 5.76. The van der Waals surface area contributed by atoms with E-state index < -0.39 is 0 Å². The number of aromatic nitrogens is 3. The number of ether oxygens (including phenoxy) is 1. The molecule has 0 aliphatic carbocycles. The molecule has 2 aromatic rings. The van der Waals surface area contributed by atoms with Gasteiger partial charge >= 0.3 is 5.69 Å². The summed E-state index contributed by atoms with van der Waals surface area (Å²) in [5.41, 5.74) is 1.37. The molecule has 2 atom stereocenters. The predicted molar refractivity (Wildman–Crippen MR) is 117 cm³/mol. The Morgan fingerprint density at radius 3 is 2.80 bits per heavy atom. The number of piperazine rings is 1. The van der Waals surface area contributed by atoms with Gasteiger partial charge in [0.1, 0.15) is 17.0 Å². The number of terminal acetylenes is 1. The standard InChI is InChI=1S/C22H25N5O3/c1-4-5-6-14(9-10-28)18-20(30-3)19-17(11-23-18)21(25-22(29)26(19)2)27-12-15-7-8-16(13-27)24-15/h1,6,9-11,15-16,24,28H,5,7-8,12-13H2,2-3H3/b10-9+,14-6-. The van der Waals surface area contributed by atoms with Crippen molar-refractivity contribution in [3.8, 4) is 18.1 Å². The van der Waals surface area contributed by atoms with Crippen molar-refractivity contribution in [2.24, 2.45) is 7.05 Å². The summed E-state index contributed by atoms with van der Waals surface area (Å²) in [6, 6.07) is 0.818. The number of hydrogen-bond donors (Lipinski definition) is 2. The predicted octanol–water partition coefficient (Wildman–Crippen LogP) is 1.76. The lowest BCUT2D eigenvalue weighted by atomic mass is 10.1. The monoisotopic (exact) mass is 407 g/mol. The van der Waals surface area contributed by atoms with Crippen molar-refractivity contribution in [2.45, 2.75) is 31.3 Å². The Balaban J connectivity index is 1.93. The van der Waals surface area contributed by atoms with Gasteiger partial charge in [-0.1, -0.05) is 6.08 Å². The van der Waals surface area contributed by atoms with Crippen molar-refractivity contribution >= 4 is 22.3 Å². The number of rotatable bonds is 5. The lowest BCUT2D eigenvalue weighted by molar-refractivity contribution is 0.414. The molecule has 0 amide bonds. The zero-order valence-corrected chi connectivity index (χ0v) is 17.1. The topological polar surface area (TPSA) is 92.5 Å². The average molecular weight is 407 g/mol. The number of pyridine rings is 1. The molecule has 0 spiro atoms. The number of methoxy groups -OCH3 is 1. The van der Waals surface area contributed by atoms with Gasteiger partial charge in [0.05, 0.1) is 18.8 Å². The van der Waals surface area contributed by atoms with Gasteiger partial charge in [-0.05, 0) is 18.9 Å². The molecule has 2 aliphatic heterocycles. The summed E-state index contributed by atoms with van der Waals surface area (Å²) in [6.45, 7) is 1.60. The number of aryl methyl sites for hydroxylation is 1. The molecule has 2 fully saturated rings. The largest absolute Gasteiger partial charge is 0.516 e. The van der Waals surface area contributed by atoms with E-state index in [1.165, 1.54) is 17.8 Å². The van der Waals surface area contributed by atoms with Crippen molar-refractivity contribution in [1.82, 2.24) is 19.9 Å². The second-order valence-corrected chi connectivity index (χ2v) is 7.61. The van der Waals surface area contributed by atoms with E-state index in [-0.39, 0.29) is 5.69 Å². The van der Waals surface area contributed by atoms with Gasteiger partial charge in [0.2, 0.25) is 0 Å². The highest BCUT2D eigenvalue weighted by molar-refractivity contribution is 5.96. The van der Waals surface area contributed by atoms with Crippen LogP contribution in [0.15, 0.2) is 29.4 Å². The Hall–Kier alpha value is -3.31. The first-order valence-electron chi connectivity index (χ1n) is 9.96. The minimum atomic E-state index is -0.356. The zero-order valence-electron chi connectivity index (χ0n) is 17.1. The minimum absolute atomic E-state index is 0.356. The SMILES string of the molecule is C#CC/C=C(/C=C/O)c1ncc2c(N3CC4CCC(C3)N4)nc(=O)n(C)c2c1OC. The van der Waals surface area contributed by atoms with Crippen LogP contribution < -0.4 is 20.6 Å². The smallest absolute Gasteiger partial charge is 0.349 e. The second-order valence-electron chi connectivity index (χ2n) is 7.61. The van der Waals surface area contributed by atoms with Crippen LogP contribution in [0.4, 0.5) is 5.82 Å². The summed E-state index contributed by atoms with van der Waals surface area (Å²) in [7, 11) is 3.21. The van der Waals surface area contributed by atoms with Crippen molar-refractivity contribution in [1.29, 1.82) is 0 Å². The number of nitrogens with zero attached hydrogens (tertiary/aromatic N) is 4. The Kier molecular flexibility index (Phi) is 5.46. The first-order chi connectivity index (χ1) is 14.6. The minimum Gasteiger partial charge on any atom is -0.516 e. The normalized spacial score (nSPS) is 21.4. The molecule has 30 heavy (non-hydrogen) atoms. The fourth-order valence-electron chi connectivity index (χ4n) is 4.40. The first kappa shape index (κ1) is 20.0. The molecule has 2 N–H and O–H groups in total. The molecule has 2 aromatic heterocycles. The van der Waals surface area contributed by atoms with Gasteiger partial charge in [-0.25, -0.2) is 4.79 Å². The highest BCUT2D eigenvalue weighted by Crippen LogP contribution is 2.36. The summed E-state index contributed by atoms with van der Waals surface area (Å²) in [6.07, 6.45) is 13.9. The van der Waals surface area contributed by atoms with Crippen LogP contribution in [-0.2, 0) is 7.05 Å². The molecular weight excluding hydrogens is 382 g/mol. The Bertz CT molecular complexity index is 1120. The van der Waals surface area contributed by atoms with Crippen molar-refractivity contribution < 1.29 is 9.84 Å². The van der Waals surface area contributed by atoms with E-state index in [1.54, 1.807) is 19.3 Å². The summed E-state index contributed by atoms with van der Waals surface area (Å²) < 4.78 is 7.18. The number of hydrogen-bond acceptors (Lipinski definition) is 7. The maximum absolute atomic E-state index is 12.8. The average Bonchev–Trinajstić information content (AvgIpc) is 3.10. The van der Waals surface area contributed by atoms with Crippen molar-refractivity contribution in [3.63, 3.8) is 0 Å². The van der Waals surface area contributed by atoms with Gasteiger partial charge in [-0.2, -0.15) is 4.98 Å². The van der Waals surface area contributed by atoms with Crippen LogP contribution in [0.25, 0.3) is 16.5 Å². The summed E-state index contributed by atoms with van der Waals surface area (Å²) in [5.74, 6) is 3.62. The number of anilines is 1. The van der Waals surface area contributed by atoms with Crippen LogP contribution in [0, 0.1) is 12.3 Å². The van der Waals surface area contributed by atoms with Gasteiger partial charge in [0, 0.05) is 50.4 Å². The van der Waals surface area contributed by atoms with Gasteiger partial charge < -0.3 is 20.1 Å². The molecule has 2 unspecified atom stereocenters. The van der Waals surface area contributed by atoms with E-state index in [2.05, 4.69) is 26.1 Å². The van der Waals surface area contributed by atoms with E-state index >= 15 is 0 Å². The summed E-state index contributed by atoms with van der Waals surface area (Å²) in [5, 5.41) is 13.7. The molecule has 8 heteroatoms. The van der Waals surface area contributed by atoms with Gasteiger partial charge in [0.25, 0.3) is 0 Å². The number of aliphatic hydroxyl groups excluding tert-OH is 1. The fourth-order valence-corrected chi connectivity index (χ4v) is 4.40. The number of nitrogens with one attached hydrogen (secondary N) is 1. The van der Waals surface area contributed by atoms with Gasteiger partial charge in [-0.15, -0.1) is 12.3 Å². The van der Waals surface area contributed by atoms with Crippen molar-refractivity contribution in [3.05, 3.63) is 40.8 Å². The molecule has 8 nitrogen and oxygen atoms in total. The zero-order chi connectivity index (χ0) is 21.3. The van der Waals surface area contributed by atoms with Crippen molar-refractivity contribution in [2.75, 3.05) is 25.1 Å². The molecule has 4 rings (SSSR count). The molecule has 2 bridgehead atoms. The highest BCUT2D eigenvalue weighted by Gasteiger charge is 2.34. The van der Waals surface area contributed by atoms with E-state index in [9.17, 15) is 9.90 Å². The van der Waals surface area contributed by atoms with E-state index in [4.69, 9.17) is 11.2 Å². The van der Waals surface area contributed by atoms with Crippen LogP contribution in [0.2, 0.25) is 0 Å². The van der Waals surface area contributed by atoms with Crippen LogP contribution in [0.1, 0.15) is 25.0 Å². The molecule has 0 saturated carbocycles. The molecule has 2 aliphatic rings. The Morgan fingerprint density at radius 2 is 2.17 bits per heavy atom. The Morgan fingerprint density at radius 1 is 1.43 bits per heavy atom. The molecule has 2 saturated heterocycles. The quantitative estimate of drug-likeness (QED) is 0.443. The van der Waals surface area contributed by atoms with E-state index in [1.807, 2.05) is 0 Å². The van der Waals surface area contributed by atoms with Crippen LogP contribution in [-0.4, -0.2) is 51.9 Å². The van der Waals surface area contributed by atoms with E-state index in [0.29, 0.717) is 46.9 Å². The van der Waals surface area contributed by atoms with Crippen LogP contribution in [0.3, 0.4) is 0 Å². The number of aliphatic hydroxyl groups is 1. The summed E-state index contributed by atoms with van der Waals surface area (Å²) in [4.78, 5) is 23.9. The van der Waals surface area contributed by atoms with Crippen LogP contribution >= 0.6 is 0 Å². The molecular formula is C22H25N5O3. The lowest BCUT2D eigenvalue weighted by Gasteiger charge is -2.34. The fraction of sp³-hybridized carbons (Fsp3) is 0.409. The number of allylic oxidation sites excluding steroid dienone is 3. The third-order valence-corrected chi connectivity index (χ3v) is 5.76. The van der Waals surface area contributed by atoms with Gasteiger partial charge in [-0.3, -0.25) is 9.55 Å². The van der Waals surface area contributed by atoms with Gasteiger partial charge in [0.15, 0.2) is 5.75 Å². The molecule has 156 valence electrons. The molecule has 0 radical (unpaired) electrons. The van der Waals surface area contributed by atoms with E-state index in [0.717, 1.165) is 37.6 Å². The lowest BCUT2D eigenvalue weighted by Crippen LogP contribution is -2.51. The maximum Gasteiger partial charge on any atom is 0.349 e. The highest BCUT2D eigenvalue weighted by atomic mass is 16.5. The summed E-state index contributed by atoms with van der Waals surface area (Å²) >= 11 is 0. The number of fused-ring (bicyclic) bond motifs is 3. The molecule has 4 heterocycles. The third kappa shape index (κ3) is 3.42. The first-order valence-corrected chi connectivity index (χ1v) is 9.96.